The Bertz CT molecular complexity index is 696. The van der Waals surface area contributed by atoms with Crippen LogP contribution in [0.5, 0.6) is 0 Å². The van der Waals surface area contributed by atoms with Crippen molar-refractivity contribution in [2.24, 2.45) is 12.0 Å². The Hall–Kier alpha value is -1.64. The van der Waals surface area contributed by atoms with Gasteiger partial charge in [0.1, 0.15) is 0 Å². The van der Waals surface area contributed by atoms with Crippen molar-refractivity contribution in [1.82, 2.24) is 25.0 Å². The first-order chi connectivity index (χ1) is 11.2. The van der Waals surface area contributed by atoms with E-state index in [1.54, 1.807) is 0 Å². The van der Waals surface area contributed by atoms with E-state index in [1.165, 1.54) is 5.56 Å². The van der Waals surface area contributed by atoms with E-state index in [1.807, 2.05) is 50.1 Å². The SMILES string of the molecule is CN=C(NCc1cccc(C)n1)N1CCC(c2cnn(C)c2)C1.I. The fourth-order valence-electron chi connectivity index (χ4n) is 3.08. The highest BCUT2D eigenvalue weighted by Crippen LogP contribution is 2.26. The normalized spacial score (nSPS) is 17.7. The van der Waals surface area contributed by atoms with Crippen molar-refractivity contribution < 1.29 is 0 Å². The van der Waals surface area contributed by atoms with Gasteiger partial charge in [0.15, 0.2) is 5.96 Å². The molecule has 0 radical (unpaired) electrons. The van der Waals surface area contributed by atoms with E-state index in [4.69, 9.17) is 0 Å². The molecule has 1 aliphatic rings. The maximum Gasteiger partial charge on any atom is 0.193 e. The predicted octanol–water partition coefficient (Wildman–Crippen LogP) is 2.31. The quantitative estimate of drug-likeness (QED) is 0.452. The summed E-state index contributed by atoms with van der Waals surface area (Å²) in [6.07, 6.45) is 5.22. The van der Waals surface area contributed by atoms with Crippen LogP contribution >= 0.6 is 24.0 Å². The molecule has 2 aromatic heterocycles. The molecule has 1 unspecified atom stereocenters. The molecule has 1 fully saturated rings. The minimum absolute atomic E-state index is 0. The van der Waals surface area contributed by atoms with Crippen LogP contribution in [0.3, 0.4) is 0 Å². The molecule has 0 saturated carbocycles. The van der Waals surface area contributed by atoms with Crippen molar-refractivity contribution in [2.45, 2.75) is 25.8 Å². The zero-order valence-corrected chi connectivity index (χ0v) is 16.8. The average Bonchev–Trinajstić information content (AvgIpc) is 3.17. The van der Waals surface area contributed by atoms with Gasteiger partial charge < -0.3 is 10.2 Å². The summed E-state index contributed by atoms with van der Waals surface area (Å²) < 4.78 is 1.87. The largest absolute Gasteiger partial charge is 0.351 e. The highest BCUT2D eigenvalue weighted by atomic mass is 127. The zero-order chi connectivity index (χ0) is 16.2. The van der Waals surface area contributed by atoms with Crippen LogP contribution in [0.4, 0.5) is 0 Å². The molecular formula is C17H25IN6. The fraction of sp³-hybridized carbons (Fsp3) is 0.471. The molecule has 2 aromatic rings. The number of aromatic nitrogens is 3. The first kappa shape index (κ1) is 18.7. The second kappa shape index (κ2) is 8.46. The molecule has 1 saturated heterocycles. The summed E-state index contributed by atoms with van der Waals surface area (Å²) in [6.45, 7) is 4.70. The monoisotopic (exact) mass is 440 g/mol. The maximum absolute atomic E-state index is 4.52. The molecule has 24 heavy (non-hydrogen) atoms. The van der Waals surface area contributed by atoms with E-state index >= 15 is 0 Å². The van der Waals surface area contributed by atoms with Crippen LogP contribution < -0.4 is 5.32 Å². The molecule has 130 valence electrons. The lowest BCUT2D eigenvalue weighted by Crippen LogP contribution is -2.39. The number of rotatable bonds is 3. The van der Waals surface area contributed by atoms with Crippen LogP contribution in [0.2, 0.25) is 0 Å². The second-order valence-corrected chi connectivity index (χ2v) is 6.05. The number of pyridine rings is 1. The topological polar surface area (TPSA) is 58.3 Å². The molecule has 0 amide bonds. The smallest absolute Gasteiger partial charge is 0.193 e. The molecule has 3 rings (SSSR count). The Labute approximate surface area is 160 Å². The van der Waals surface area contributed by atoms with Crippen LogP contribution in [0.15, 0.2) is 35.6 Å². The molecule has 0 aromatic carbocycles. The number of nitrogens with one attached hydrogen (secondary N) is 1. The summed E-state index contributed by atoms with van der Waals surface area (Å²) in [5, 5.41) is 7.70. The Morgan fingerprint density at radius 2 is 2.25 bits per heavy atom. The van der Waals surface area contributed by atoms with Gasteiger partial charge in [0, 0.05) is 45.0 Å². The Kier molecular flexibility index (Phi) is 6.59. The molecule has 0 bridgehead atoms. The van der Waals surface area contributed by atoms with E-state index in [0.717, 1.165) is 36.9 Å². The minimum atomic E-state index is 0. The van der Waals surface area contributed by atoms with Gasteiger partial charge in [-0.05, 0) is 31.0 Å². The summed E-state index contributed by atoms with van der Waals surface area (Å²) in [5.74, 6) is 1.47. The van der Waals surface area contributed by atoms with E-state index in [9.17, 15) is 0 Å². The molecule has 1 N–H and O–H groups in total. The van der Waals surface area contributed by atoms with Gasteiger partial charge in [0.2, 0.25) is 0 Å². The van der Waals surface area contributed by atoms with E-state index < -0.39 is 0 Å². The number of guanidine groups is 1. The van der Waals surface area contributed by atoms with Gasteiger partial charge in [0.05, 0.1) is 18.4 Å². The van der Waals surface area contributed by atoms with Gasteiger partial charge >= 0.3 is 0 Å². The van der Waals surface area contributed by atoms with Crippen molar-refractivity contribution in [2.75, 3.05) is 20.1 Å². The highest BCUT2D eigenvalue weighted by molar-refractivity contribution is 14.0. The number of hydrogen-bond acceptors (Lipinski definition) is 3. The first-order valence-corrected chi connectivity index (χ1v) is 8.02. The molecule has 1 atom stereocenters. The summed E-state index contributed by atoms with van der Waals surface area (Å²) in [4.78, 5) is 11.3. The molecule has 3 heterocycles. The summed E-state index contributed by atoms with van der Waals surface area (Å²) in [5.41, 5.74) is 3.39. The zero-order valence-electron chi connectivity index (χ0n) is 14.4. The molecule has 0 aliphatic carbocycles. The average molecular weight is 440 g/mol. The van der Waals surface area contributed by atoms with Crippen LogP contribution in [0, 0.1) is 6.92 Å². The molecule has 0 spiro atoms. The third kappa shape index (κ3) is 4.46. The van der Waals surface area contributed by atoms with Crippen molar-refractivity contribution >= 4 is 29.9 Å². The number of hydrogen-bond donors (Lipinski definition) is 1. The summed E-state index contributed by atoms with van der Waals surface area (Å²) >= 11 is 0. The standard InChI is InChI=1S/C17H24N6.HI/c1-13-5-4-6-16(21-13)10-19-17(18-2)23-8-7-14(12-23)15-9-20-22(3)11-15;/h4-6,9,11,14H,7-8,10,12H2,1-3H3,(H,18,19);1H. The number of aryl methyl sites for hydroxylation is 2. The van der Waals surface area contributed by atoms with Gasteiger partial charge in [-0.3, -0.25) is 14.7 Å². The lowest BCUT2D eigenvalue weighted by atomic mass is 10.0. The third-order valence-electron chi connectivity index (χ3n) is 4.27. The Morgan fingerprint density at radius 3 is 2.92 bits per heavy atom. The lowest BCUT2D eigenvalue weighted by Gasteiger charge is -2.21. The van der Waals surface area contributed by atoms with Gasteiger partial charge in [-0.2, -0.15) is 5.10 Å². The van der Waals surface area contributed by atoms with E-state index in [-0.39, 0.29) is 24.0 Å². The highest BCUT2D eigenvalue weighted by Gasteiger charge is 2.26. The summed E-state index contributed by atoms with van der Waals surface area (Å²) in [7, 11) is 3.80. The fourth-order valence-corrected chi connectivity index (χ4v) is 3.08. The van der Waals surface area contributed by atoms with Crippen LogP contribution in [-0.2, 0) is 13.6 Å². The number of nitrogens with zero attached hydrogens (tertiary/aromatic N) is 5. The third-order valence-corrected chi connectivity index (χ3v) is 4.27. The van der Waals surface area contributed by atoms with Crippen molar-refractivity contribution in [3.8, 4) is 0 Å². The molecule has 1 aliphatic heterocycles. The van der Waals surface area contributed by atoms with Crippen LogP contribution in [0.1, 0.15) is 29.3 Å². The lowest BCUT2D eigenvalue weighted by molar-refractivity contribution is 0.485. The van der Waals surface area contributed by atoms with Crippen molar-refractivity contribution in [3.63, 3.8) is 0 Å². The van der Waals surface area contributed by atoms with Gasteiger partial charge in [-0.1, -0.05) is 6.07 Å². The van der Waals surface area contributed by atoms with Crippen LogP contribution in [0.25, 0.3) is 0 Å². The number of aliphatic imine (C=N–C) groups is 1. The molecule has 6 nitrogen and oxygen atoms in total. The van der Waals surface area contributed by atoms with Gasteiger partial charge in [0.25, 0.3) is 0 Å². The molecular weight excluding hydrogens is 415 g/mol. The minimum Gasteiger partial charge on any atom is -0.351 e. The van der Waals surface area contributed by atoms with Crippen molar-refractivity contribution in [1.29, 1.82) is 0 Å². The van der Waals surface area contributed by atoms with Gasteiger partial charge in [-0.15, -0.1) is 24.0 Å². The molecule has 7 heteroatoms. The Morgan fingerprint density at radius 1 is 1.42 bits per heavy atom. The van der Waals surface area contributed by atoms with Crippen molar-refractivity contribution in [3.05, 3.63) is 47.5 Å². The second-order valence-electron chi connectivity index (χ2n) is 6.05. The number of halogens is 1. The van der Waals surface area contributed by atoms with Crippen LogP contribution in [-0.4, -0.2) is 45.8 Å². The summed E-state index contributed by atoms with van der Waals surface area (Å²) in [6, 6.07) is 6.09. The predicted molar refractivity (Wildman–Crippen MR) is 107 cm³/mol. The number of likely N-dealkylation sites (tertiary alicyclic amines) is 1. The van der Waals surface area contributed by atoms with Gasteiger partial charge in [-0.25, -0.2) is 0 Å². The van der Waals surface area contributed by atoms with E-state index in [2.05, 4.69) is 31.5 Å². The first-order valence-electron chi connectivity index (χ1n) is 8.02. The Balaban J connectivity index is 0.00000208. The van der Waals surface area contributed by atoms with E-state index in [0.29, 0.717) is 12.5 Å². The maximum atomic E-state index is 4.52.